The molecule has 0 bridgehead atoms. The zero-order valence-electron chi connectivity index (χ0n) is 17.5. The second kappa shape index (κ2) is 8.57. The molecule has 1 aliphatic heterocycles. The molecule has 5 heteroatoms. The van der Waals surface area contributed by atoms with Crippen LogP contribution in [0.4, 0.5) is 0 Å². The first-order valence-corrected chi connectivity index (χ1v) is 13.2. The molecule has 0 aromatic heterocycles. The van der Waals surface area contributed by atoms with Gasteiger partial charge in [0.25, 0.3) is 0 Å². The predicted molar refractivity (Wildman–Crippen MR) is 107 cm³/mol. The Hall–Kier alpha value is -0.653. The molecule has 0 amide bonds. The Bertz CT molecular complexity index is 509. The molecule has 4 nitrogen and oxygen atoms in total. The summed E-state index contributed by atoms with van der Waals surface area (Å²) in [4.78, 5) is 11.7. The Balaban J connectivity index is 2.08. The second-order valence-electron chi connectivity index (χ2n) is 9.57. The minimum absolute atomic E-state index is 0.0239. The van der Waals surface area contributed by atoms with E-state index in [0.717, 1.165) is 32.1 Å². The summed E-state index contributed by atoms with van der Waals surface area (Å²) < 4.78 is 12.2. The van der Waals surface area contributed by atoms with Crippen LogP contribution in [0.2, 0.25) is 18.1 Å². The molecule has 26 heavy (non-hydrogen) atoms. The van der Waals surface area contributed by atoms with E-state index in [1.54, 1.807) is 0 Å². The normalized spacial score (nSPS) is 30.7. The lowest BCUT2D eigenvalue weighted by Gasteiger charge is -2.39. The SMILES string of the molecule is CCCCC[C@H](O)/C=C/[C@H]1[C@H]2CC(=O)O[C@H]2C[C@H]1O[Si](C)(C)C(C)(C)C. The van der Waals surface area contributed by atoms with Crippen LogP contribution in [0, 0.1) is 11.8 Å². The van der Waals surface area contributed by atoms with Crippen molar-refractivity contribution in [2.24, 2.45) is 11.8 Å². The summed E-state index contributed by atoms with van der Waals surface area (Å²) in [7, 11) is -1.90. The van der Waals surface area contributed by atoms with Crippen LogP contribution in [0.1, 0.15) is 66.2 Å². The number of aliphatic hydroxyl groups excluding tert-OH is 1. The molecule has 2 fully saturated rings. The summed E-state index contributed by atoms with van der Waals surface area (Å²) in [6.07, 6.45) is 9.10. The van der Waals surface area contributed by atoms with Crippen molar-refractivity contribution in [2.45, 2.75) is 103 Å². The number of rotatable bonds is 8. The van der Waals surface area contributed by atoms with Gasteiger partial charge in [-0.25, -0.2) is 0 Å². The maximum absolute atomic E-state index is 11.7. The lowest BCUT2D eigenvalue weighted by atomic mass is 9.91. The summed E-state index contributed by atoms with van der Waals surface area (Å²) in [6, 6.07) is 0. The number of unbranched alkanes of at least 4 members (excludes halogenated alkanes) is 2. The Morgan fingerprint density at radius 3 is 2.65 bits per heavy atom. The van der Waals surface area contributed by atoms with Gasteiger partial charge in [-0.2, -0.15) is 0 Å². The second-order valence-corrected chi connectivity index (χ2v) is 14.3. The van der Waals surface area contributed by atoms with Crippen LogP contribution >= 0.6 is 0 Å². The van der Waals surface area contributed by atoms with E-state index < -0.39 is 14.4 Å². The molecule has 0 spiro atoms. The van der Waals surface area contributed by atoms with E-state index in [-0.39, 0.29) is 35.1 Å². The van der Waals surface area contributed by atoms with Gasteiger partial charge >= 0.3 is 5.97 Å². The Kier molecular flexibility index (Phi) is 7.14. The first-order valence-electron chi connectivity index (χ1n) is 10.3. The highest BCUT2D eigenvalue weighted by atomic mass is 28.4. The molecule has 1 heterocycles. The molecule has 1 aliphatic carbocycles. The van der Waals surface area contributed by atoms with Gasteiger partial charge in [0.1, 0.15) is 6.10 Å². The van der Waals surface area contributed by atoms with E-state index in [9.17, 15) is 9.90 Å². The summed E-state index contributed by atoms with van der Waals surface area (Å²) in [5.74, 6) is 0.255. The van der Waals surface area contributed by atoms with E-state index in [1.807, 2.05) is 6.08 Å². The van der Waals surface area contributed by atoms with Gasteiger partial charge < -0.3 is 14.3 Å². The van der Waals surface area contributed by atoms with Crippen molar-refractivity contribution in [3.63, 3.8) is 0 Å². The predicted octanol–water partition coefficient (Wildman–Crippen LogP) is 4.83. The third kappa shape index (κ3) is 5.20. The van der Waals surface area contributed by atoms with Crippen LogP contribution in [-0.2, 0) is 14.0 Å². The van der Waals surface area contributed by atoms with E-state index in [2.05, 4.69) is 46.9 Å². The summed E-state index contributed by atoms with van der Waals surface area (Å²) >= 11 is 0. The number of fused-ring (bicyclic) bond motifs is 1. The lowest BCUT2D eigenvalue weighted by molar-refractivity contribution is -0.141. The van der Waals surface area contributed by atoms with Crippen molar-refractivity contribution in [1.82, 2.24) is 0 Å². The number of hydrogen-bond acceptors (Lipinski definition) is 4. The van der Waals surface area contributed by atoms with Crippen LogP contribution in [0.15, 0.2) is 12.2 Å². The number of hydrogen-bond donors (Lipinski definition) is 1. The molecule has 2 aliphatic rings. The summed E-state index contributed by atoms with van der Waals surface area (Å²) in [6.45, 7) is 13.5. The van der Waals surface area contributed by atoms with Gasteiger partial charge in [-0.3, -0.25) is 4.79 Å². The molecule has 2 rings (SSSR count). The van der Waals surface area contributed by atoms with E-state index >= 15 is 0 Å². The molecule has 0 radical (unpaired) electrons. The molecule has 0 aromatic carbocycles. The average molecular weight is 383 g/mol. The van der Waals surface area contributed by atoms with Gasteiger partial charge in [0.15, 0.2) is 8.32 Å². The molecule has 5 atom stereocenters. The van der Waals surface area contributed by atoms with Crippen molar-refractivity contribution in [2.75, 3.05) is 0 Å². The Morgan fingerprint density at radius 1 is 1.35 bits per heavy atom. The molecular formula is C21H38O4Si. The number of ether oxygens (including phenoxy) is 1. The Morgan fingerprint density at radius 2 is 2.04 bits per heavy atom. The average Bonchev–Trinajstić information content (AvgIpc) is 2.99. The quantitative estimate of drug-likeness (QED) is 0.283. The van der Waals surface area contributed by atoms with E-state index in [0.29, 0.717) is 6.42 Å². The van der Waals surface area contributed by atoms with Gasteiger partial charge in [0, 0.05) is 18.3 Å². The third-order valence-electron chi connectivity index (χ3n) is 6.46. The first kappa shape index (κ1) is 21.6. The summed E-state index contributed by atoms with van der Waals surface area (Å²) in [5, 5.41) is 10.4. The Labute approximate surface area is 160 Å². The zero-order valence-corrected chi connectivity index (χ0v) is 18.5. The molecule has 0 aromatic rings. The number of aliphatic hydroxyl groups is 1. The molecule has 1 N–H and O–H groups in total. The summed E-state index contributed by atoms with van der Waals surface area (Å²) in [5.41, 5.74) is 0. The van der Waals surface area contributed by atoms with E-state index in [1.165, 1.54) is 0 Å². The first-order chi connectivity index (χ1) is 12.0. The maximum atomic E-state index is 11.7. The van der Waals surface area contributed by atoms with Crippen molar-refractivity contribution < 1.29 is 19.1 Å². The van der Waals surface area contributed by atoms with Gasteiger partial charge in [-0.05, 0) is 24.6 Å². The molecule has 1 saturated heterocycles. The zero-order chi connectivity index (χ0) is 19.5. The van der Waals surface area contributed by atoms with Gasteiger partial charge in [-0.1, -0.05) is 59.1 Å². The fraction of sp³-hybridized carbons (Fsp3) is 0.857. The maximum Gasteiger partial charge on any atom is 0.306 e. The van der Waals surface area contributed by atoms with Crippen LogP contribution in [-0.4, -0.2) is 37.7 Å². The highest BCUT2D eigenvalue weighted by molar-refractivity contribution is 6.74. The van der Waals surface area contributed by atoms with Crippen LogP contribution in [0.5, 0.6) is 0 Å². The van der Waals surface area contributed by atoms with Crippen LogP contribution in [0.25, 0.3) is 0 Å². The van der Waals surface area contributed by atoms with Gasteiger partial charge in [-0.15, -0.1) is 0 Å². The lowest BCUT2D eigenvalue weighted by Crippen LogP contribution is -2.45. The molecular weight excluding hydrogens is 344 g/mol. The van der Waals surface area contributed by atoms with Crippen molar-refractivity contribution in [3.8, 4) is 0 Å². The van der Waals surface area contributed by atoms with Crippen molar-refractivity contribution in [1.29, 1.82) is 0 Å². The van der Waals surface area contributed by atoms with E-state index in [4.69, 9.17) is 9.16 Å². The largest absolute Gasteiger partial charge is 0.462 e. The fourth-order valence-corrected chi connectivity index (χ4v) is 5.17. The minimum atomic E-state index is -1.90. The monoisotopic (exact) mass is 382 g/mol. The highest BCUT2D eigenvalue weighted by Gasteiger charge is 2.52. The van der Waals surface area contributed by atoms with Crippen molar-refractivity contribution in [3.05, 3.63) is 12.2 Å². The number of esters is 1. The topological polar surface area (TPSA) is 55.8 Å². The third-order valence-corrected chi connectivity index (χ3v) is 11.0. The number of carbonyl (C=O) groups is 1. The van der Waals surface area contributed by atoms with Gasteiger partial charge in [0.2, 0.25) is 0 Å². The van der Waals surface area contributed by atoms with Crippen molar-refractivity contribution >= 4 is 14.3 Å². The molecule has 1 saturated carbocycles. The smallest absolute Gasteiger partial charge is 0.306 e. The minimum Gasteiger partial charge on any atom is -0.462 e. The molecule has 0 unspecified atom stereocenters. The van der Waals surface area contributed by atoms with Gasteiger partial charge in [0.05, 0.1) is 18.6 Å². The fourth-order valence-electron chi connectivity index (χ4n) is 3.80. The number of carbonyl (C=O) groups excluding carboxylic acids is 1. The highest BCUT2D eigenvalue weighted by Crippen LogP contribution is 2.47. The molecule has 150 valence electrons. The van der Waals surface area contributed by atoms with Crippen LogP contribution < -0.4 is 0 Å². The van der Waals surface area contributed by atoms with Crippen LogP contribution in [0.3, 0.4) is 0 Å². The standard InChI is InChI=1S/C21H38O4Si/c1-7-8-9-10-15(22)11-12-16-17-13-20(23)24-18(17)14-19(16)25-26(5,6)21(2,3)4/h11-12,15-19,22H,7-10,13-14H2,1-6H3/b12-11+/t15-,16-,17+,18-,19+/m0/s1.